The van der Waals surface area contributed by atoms with Gasteiger partial charge in [0, 0.05) is 20.5 Å². The van der Waals surface area contributed by atoms with Gasteiger partial charge in [0.2, 0.25) is 0 Å². The molecule has 15 heteroatoms. The smallest absolute Gasteiger partial charge is 0.361 e. The Hall–Kier alpha value is -3.87. The summed E-state index contributed by atoms with van der Waals surface area (Å²) in [4.78, 5) is 1.35. The molecule has 0 unspecified atom stereocenters. The summed E-state index contributed by atoms with van der Waals surface area (Å²) in [7, 11) is 3.41. The molecule has 0 aliphatic rings. The van der Waals surface area contributed by atoms with E-state index in [-0.39, 0.29) is 6.01 Å². The predicted octanol–water partition coefficient (Wildman–Crippen LogP) is 6.76. The molecule has 0 bridgehead atoms. The summed E-state index contributed by atoms with van der Waals surface area (Å²) in [5.74, 6) is 1.94. The van der Waals surface area contributed by atoms with Gasteiger partial charge in [0.05, 0.1) is 7.05 Å². The third-order valence-electron chi connectivity index (χ3n) is 5.08. The van der Waals surface area contributed by atoms with Crippen molar-refractivity contribution in [3.63, 3.8) is 0 Å². The van der Waals surface area contributed by atoms with E-state index >= 15 is 0 Å². The van der Waals surface area contributed by atoms with Crippen LogP contribution in [0, 0.1) is 32.3 Å². The molecule has 0 spiro atoms. The molecule has 5 rings (SSSR count). The van der Waals surface area contributed by atoms with Crippen LogP contribution in [-0.4, -0.2) is 40.4 Å². The number of aryl methyl sites for hydroxylation is 5. The molecule has 2 aromatic heterocycles. The highest BCUT2D eigenvalue weighted by atomic mass is 79.9. The van der Waals surface area contributed by atoms with Crippen LogP contribution in [0.2, 0.25) is 0 Å². The standard InChI is InChI=1S/2C9H9BrN4O.C8H6BrNO/c1-6-3-4-7(5-8(6)10)15-9-11-12-13-14(9)2;1-6-3-4-7(5-8(6)10)15-9-11-13-14(2)12-9;1-6-2-3-7(11-5-10)4-8(6)9/h2*3-5H,1-2H3;2-4H,1H3. The lowest BCUT2D eigenvalue weighted by molar-refractivity contribution is 0.414. The first-order valence-electron chi connectivity index (χ1n) is 11.7. The zero-order valence-electron chi connectivity index (χ0n) is 22.6. The Bertz CT molecular complexity index is 1650. The molecule has 0 saturated carbocycles. The lowest BCUT2D eigenvalue weighted by atomic mass is 10.2. The quantitative estimate of drug-likeness (QED) is 0.177. The van der Waals surface area contributed by atoms with E-state index in [0.717, 1.165) is 30.1 Å². The number of benzene rings is 3. The van der Waals surface area contributed by atoms with Crippen molar-refractivity contribution in [2.45, 2.75) is 20.8 Å². The number of nitrogens with zero attached hydrogens (tertiary/aromatic N) is 9. The summed E-state index contributed by atoms with van der Waals surface area (Å²) in [6.07, 6.45) is 1.61. The van der Waals surface area contributed by atoms with Gasteiger partial charge in [0.25, 0.3) is 6.26 Å². The van der Waals surface area contributed by atoms with Crippen LogP contribution in [0.1, 0.15) is 16.7 Å². The maximum atomic E-state index is 8.19. The first-order chi connectivity index (χ1) is 19.5. The van der Waals surface area contributed by atoms with Crippen LogP contribution in [-0.2, 0) is 14.1 Å². The molecular formula is C26H24Br3N9O3. The van der Waals surface area contributed by atoms with Crippen molar-refractivity contribution in [3.8, 4) is 35.5 Å². The molecule has 12 nitrogen and oxygen atoms in total. The second-order valence-electron chi connectivity index (χ2n) is 8.28. The van der Waals surface area contributed by atoms with Crippen molar-refractivity contribution in [3.05, 3.63) is 84.7 Å². The molecule has 3 aromatic carbocycles. The Morgan fingerprint density at radius 1 is 0.707 bits per heavy atom. The minimum absolute atomic E-state index is 0.244. The van der Waals surface area contributed by atoms with E-state index in [0.29, 0.717) is 23.3 Å². The first kappa shape index (κ1) is 31.7. The third kappa shape index (κ3) is 9.92. The van der Waals surface area contributed by atoms with Crippen molar-refractivity contribution >= 4 is 47.8 Å². The second-order valence-corrected chi connectivity index (χ2v) is 10.8. The Morgan fingerprint density at radius 3 is 1.66 bits per heavy atom. The van der Waals surface area contributed by atoms with Crippen LogP contribution >= 0.6 is 47.8 Å². The van der Waals surface area contributed by atoms with Crippen molar-refractivity contribution in [2.75, 3.05) is 0 Å². The van der Waals surface area contributed by atoms with E-state index in [4.69, 9.17) is 14.7 Å². The molecule has 212 valence electrons. The monoisotopic (exact) mass is 747 g/mol. The Balaban J connectivity index is 0.000000172. The van der Waals surface area contributed by atoms with Crippen LogP contribution in [0.4, 0.5) is 0 Å². The van der Waals surface area contributed by atoms with Gasteiger partial charge in [0.1, 0.15) is 17.2 Å². The zero-order valence-corrected chi connectivity index (χ0v) is 27.3. The predicted molar refractivity (Wildman–Crippen MR) is 161 cm³/mol. The van der Waals surface area contributed by atoms with Crippen molar-refractivity contribution in [1.29, 1.82) is 5.26 Å². The first-order valence-corrected chi connectivity index (χ1v) is 14.1. The van der Waals surface area contributed by atoms with Crippen molar-refractivity contribution in [2.24, 2.45) is 14.1 Å². The number of rotatable bonds is 5. The summed E-state index contributed by atoms with van der Waals surface area (Å²) >= 11 is 10.2. The number of hydrogen-bond acceptors (Lipinski definition) is 10. The highest BCUT2D eigenvalue weighted by Crippen LogP contribution is 2.26. The van der Waals surface area contributed by atoms with Gasteiger partial charge in [-0.25, -0.2) is 0 Å². The minimum Gasteiger partial charge on any atom is -0.423 e. The molecule has 5 aromatic rings. The van der Waals surface area contributed by atoms with Gasteiger partial charge < -0.3 is 14.2 Å². The van der Waals surface area contributed by atoms with Crippen LogP contribution < -0.4 is 14.2 Å². The Kier molecular flexibility index (Phi) is 11.7. The number of hydrogen-bond donors (Lipinski definition) is 0. The summed E-state index contributed by atoms with van der Waals surface area (Å²) < 4.78 is 19.9. The van der Waals surface area contributed by atoms with E-state index in [9.17, 15) is 0 Å². The average molecular weight is 750 g/mol. The lowest BCUT2D eigenvalue weighted by Crippen LogP contribution is -1.96. The van der Waals surface area contributed by atoms with Crippen LogP contribution in [0.3, 0.4) is 0 Å². The summed E-state index contributed by atoms with van der Waals surface area (Å²) in [6.45, 7) is 5.99. The maximum Gasteiger partial charge on any atom is 0.361 e. The number of halogens is 3. The molecule has 0 aliphatic heterocycles. The molecule has 0 aliphatic carbocycles. The molecule has 0 amide bonds. The van der Waals surface area contributed by atoms with Gasteiger partial charge in [-0.05, 0) is 89.5 Å². The van der Waals surface area contributed by atoms with Gasteiger partial charge in [0.15, 0.2) is 0 Å². The molecule has 0 fully saturated rings. The number of tetrazole rings is 2. The van der Waals surface area contributed by atoms with Gasteiger partial charge in [-0.2, -0.15) is 9.48 Å². The number of nitriles is 1. The fourth-order valence-corrected chi connectivity index (χ4v) is 3.86. The van der Waals surface area contributed by atoms with E-state index in [1.165, 1.54) is 9.48 Å². The molecular weight excluding hydrogens is 726 g/mol. The number of aromatic nitrogens is 8. The van der Waals surface area contributed by atoms with Gasteiger partial charge >= 0.3 is 12.0 Å². The molecule has 0 atom stereocenters. The SMILES string of the molecule is Cc1ccc(OC#N)cc1Br.Cc1ccc(Oc2nnn(C)n2)cc1Br.Cc1ccc(Oc2nnnn2C)cc1Br. The van der Waals surface area contributed by atoms with E-state index < -0.39 is 0 Å². The van der Waals surface area contributed by atoms with Gasteiger partial charge in [-0.15, -0.1) is 5.26 Å². The third-order valence-corrected chi connectivity index (χ3v) is 7.65. The van der Waals surface area contributed by atoms with E-state index in [2.05, 4.69) is 83.5 Å². The highest BCUT2D eigenvalue weighted by molar-refractivity contribution is 9.11. The van der Waals surface area contributed by atoms with Crippen molar-refractivity contribution in [1.82, 2.24) is 40.4 Å². The number of ether oxygens (including phenoxy) is 3. The van der Waals surface area contributed by atoms with Crippen LogP contribution in [0.25, 0.3) is 0 Å². The molecule has 0 radical (unpaired) electrons. The largest absolute Gasteiger partial charge is 0.423 e. The van der Waals surface area contributed by atoms with E-state index in [1.807, 2.05) is 63.2 Å². The minimum atomic E-state index is 0.244. The molecule has 0 saturated heterocycles. The zero-order chi connectivity index (χ0) is 29.9. The van der Waals surface area contributed by atoms with Crippen LogP contribution in [0.5, 0.6) is 29.3 Å². The fourth-order valence-electron chi connectivity index (χ4n) is 2.79. The Morgan fingerprint density at radius 2 is 1.22 bits per heavy atom. The Labute approximate surface area is 261 Å². The average Bonchev–Trinajstić information content (AvgIpc) is 3.54. The topological polar surface area (TPSA) is 139 Å². The molecule has 41 heavy (non-hydrogen) atoms. The maximum absolute atomic E-state index is 8.19. The molecule has 2 heterocycles. The summed E-state index contributed by atoms with van der Waals surface area (Å²) in [6, 6.07) is 17.4. The highest BCUT2D eigenvalue weighted by Gasteiger charge is 2.06. The van der Waals surface area contributed by atoms with Crippen molar-refractivity contribution < 1.29 is 14.2 Å². The summed E-state index contributed by atoms with van der Waals surface area (Å²) in [5.41, 5.74) is 3.42. The second kappa shape index (κ2) is 15.2. The van der Waals surface area contributed by atoms with E-state index in [1.54, 1.807) is 32.5 Å². The molecule has 0 N–H and O–H groups in total. The fraction of sp³-hybridized carbons (Fsp3) is 0.192. The summed E-state index contributed by atoms with van der Waals surface area (Å²) in [5, 5.41) is 30.4. The van der Waals surface area contributed by atoms with Gasteiger partial charge in [-0.3, -0.25) is 0 Å². The lowest BCUT2D eigenvalue weighted by Gasteiger charge is -2.04. The van der Waals surface area contributed by atoms with Gasteiger partial charge in [-0.1, -0.05) is 81.3 Å². The van der Waals surface area contributed by atoms with Crippen LogP contribution in [0.15, 0.2) is 68.0 Å². The normalized spacial score (nSPS) is 9.93.